The van der Waals surface area contributed by atoms with Gasteiger partial charge in [0.25, 0.3) is 0 Å². The summed E-state index contributed by atoms with van der Waals surface area (Å²) in [4.78, 5) is 11.8. The van der Waals surface area contributed by atoms with Crippen LogP contribution in [0.5, 0.6) is 0 Å². The summed E-state index contributed by atoms with van der Waals surface area (Å²) in [6.07, 6.45) is 2.54. The molecule has 0 unspecified atom stereocenters. The zero-order valence-corrected chi connectivity index (χ0v) is 15.1. The van der Waals surface area contributed by atoms with Crippen LogP contribution >= 0.6 is 0 Å². The number of carbonyl (C=O) groups is 1. The van der Waals surface area contributed by atoms with Gasteiger partial charge in [-0.25, -0.2) is 22.1 Å². The molecule has 0 aliphatic carbocycles. The molecule has 0 aliphatic heterocycles. The summed E-state index contributed by atoms with van der Waals surface area (Å²) in [6.45, 7) is 1.69. The summed E-state index contributed by atoms with van der Waals surface area (Å²) in [6, 6.07) is 6.90. The molecule has 0 saturated carbocycles. The second-order valence-electron chi connectivity index (χ2n) is 5.94. The third-order valence-electron chi connectivity index (χ3n) is 4.12. The van der Waals surface area contributed by atoms with Crippen LogP contribution in [0.4, 0.5) is 10.1 Å². The molecule has 0 fully saturated rings. The lowest BCUT2D eigenvalue weighted by Gasteiger charge is -2.19. The number of rotatable bonds is 4. The predicted octanol–water partition coefficient (Wildman–Crippen LogP) is 2.54. The van der Waals surface area contributed by atoms with Crippen LogP contribution in [0.15, 0.2) is 36.5 Å². The van der Waals surface area contributed by atoms with Gasteiger partial charge in [-0.15, -0.1) is 0 Å². The molecule has 0 spiro atoms. The van der Waals surface area contributed by atoms with E-state index in [0.29, 0.717) is 22.3 Å². The quantitative estimate of drug-likeness (QED) is 0.754. The Hall–Kier alpha value is -2.94. The predicted molar refractivity (Wildman–Crippen MR) is 95.5 cm³/mol. The van der Waals surface area contributed by atoms with Crippen molar-refractivity contribution < 1.29 is 22.7 Å². The molecule has 7 nitrogen and oxygen atoms in total. The Labute approximate surface area is 149 Å². The minimum absolute atomic E-state index is 0.0340. The number of benzene rings is 1. The fourth-order valence-corrected chi connectivity index (χ4v) is 3.26. The first kappa shape index (κ1) is 17.9. The molecule has 1 N–H and O–H groups in total. The van der Waals surface area contributed by atoms with Crippen molar-refractivity contribution in [2.45, 2.75) is 6.92 Å². The highest BCUT2D eigenvalue weighted by atomic mass is 32.2. The Morgan fingerprint density at radius 3 is 2.42 bits per heavy atom. The number of hydrogen-bond acceptors (Lipinski definition) is 4. The highest BCUT2D eigenvalue weighted by molar-refractivity contribution is 7.92. The van der Waals surface area contributed by atoms with E-state index in [9.17, 15) is 22.7 Å². The first-order chi connectivity index (χ1) is 12.1. The SMILES string of the molecule is Cc1cc2c(C(=O)O)c(-c3ccc(F)cc3)nn2cc1N(C)S(C)(=O)=O. The Morgan fingerprint density at radius 1 is 1.27 bits per heavy atom. The lowest BCUT2D eigenvalue weighted by Crippen LogP contribution is -2.26. The molecule has 1 aromatic carbocycles. The van der Waals surface area contributed by atoms with Crippen molar-refractivity contribution in [3.63, 3.8) is 0 Å². The summed E-state index contributed by atoms with van der Waals surface area (Å²) < 4.78 is 39.2. The Morgan fingerprint density at radius 2 is 1.88 bits per heavy atom. The number of aromatic nitrogens is 2. The third kappa shape index (κ3) is 3.01. The van der Waals surface area contributed by atoms with Crippen LogP contribution in [-0.2, 0) is 10.0 Å². The minimum Gasteiger partial charge on any atom is -0.478 e. The smallest absolute Gasteiger partial charge is 0.340 e. The van der Waals surface area contributed by atoms with Crippen LogP contribution in [0.25, 0.3) is 16.8 Å². The lowest BCUT2D eigenvalue weighted by atomic mass is 10.1. The number of halogens is 1. The maximum atomic E-state index is 13.2. The van der Waals surface area contributed by atoms with Crippen molar-refractivity contribution in [3.05, 3.63) is 53.5 Å². The monoisotopic (exact) mass is 377 g/mol. The number of hydrogen-bond donors (Lipinski definition) is 1. The number of nitrogens with zero attached hydrogens (tertiary/aromatic N) is 3. The maximum absolute atomic E-state index is 13.2. The Kier molecular flexibility index (Phi) is 4.19. The van der Waals surface area contributed by atoms with Crippen LogP contribution in [0, 0.1) is 12.7 Å². The van der Waals surface area contributed by atoms with Crippen LogP contribution in [-0.4, -0.2) is 42.4 Å². The number of pyridine rings is 1. The summed E-state index contributed by atoms with van der Waals surface area (Å²) in [5, 5.41) is 13.9. The first-order valence-corrected chi connectivity index (χ1v) is 9.40. The van der Waals surface area contributed by atoms with Gasteiger partial charge in [-0.05, 0) is 42.8 Å². The number of fused-ring (bicyclic) bond motifs is 1. The summed E-state index contributed by atoms with van der Waals surface area (Å²) in [5.41, 5.74) is 1.87. The lowest BCUT2D eigenvalue weighted by molar-refractivity contribution is 0.0700. The highest BCUT2D eigenvalue weighted by Gasteiger charge is 2.23. The molecule has 2 aromatic heterocycles. The molecule has 2 heterocycles. The normalized spacial score (nSPS) is 11.7. The molecule has 0 saturated heterocycles. The van der Waals surface area contributed by atoms with Gasteiger partial charge in [0, 0.05) is 12.6 Å². The zero-order chi connectivity index (χ0) is 19.2. The number of carboxylic acids is 1. The fraction of sp³-hybridized carbons (Fsp3) is 0.176. The minimum atomic E-state index is -3.49. The number of aromatic carboxylic acids is 1. The van der Waals surface area contributed by atoms with Crippen molar-refractivity contribution in [2.24, 2.45) is 0 Å². The van der Waals surface area contributed by atoms with E-state index < -0.39 is 21.8 Å². The van der Waals surface area contributed by atoms with E-state index in [4.69, 9.17) is 0 Å². The Balaban J connectivity index is 2.30. The van der Waals surface area contributed by atoms with E-state index in [1.165, 1.54) is 42.0 Å². The number of sulfonamides is 1. The number of anilines is 1. The molecule has 0 amide bonds. The van der Waals surface area contributed by atoms with E-state index in [1.54, 1.807) is 13.0 Å². The molecule has 0 radical (unpaired) electrons. The summed E-state index contributed by atoms with van der Waals surface area (Å²) >= 11 is 0. The topological polar surface area (TPSA) is 92.0 Å². The summed E-state index contributed by atoms with van der Waals surface area (Å²) in [5.74, 6) is -1.62. The van der Waals surface area contributed by atoms with Crippen molar-refractivity contribution in [2.75, 3.05) is 17.6 Å². The van der Waals surface area contributed by atoms with Gasteiger partial charge in [0.2, 0.25) is 10.0 Å². The number of aryl methyl sites for hydroxylation is 1. The van der Waals surface area contributed by atoms with Crippen LogP contribution in [0.1, 0.15) is 15.9 Å². The average Bonchev–Trinajstić information content (AvgIpc) is 2.91. The van der Waals surface area contributed by atoms with Gasteiger partial charge in [-0.3, -0.25) is 4.31 Å². The van der Waals surface area contributed by atoms with Crippen molar-refractivity contribution >= 4 is 27.2 Å². The van der Waals surface area contributed by atoms with E-state index >= 15 is 0 Å². The van der Waals surface area contributed by atoms with Gasteiger partial charge < -0.3 is 5.11 Å². The highest BCUT2D eigenvalue weighted by Crippen LogP contribution is 2.30. The average molecular weight is 377 g/mol. The van der Waals surface area contributed by atoms with Gasteiger partial charge in [0.15, 0.2) is 0 Å². The zero-order valence-electron chi connectivity index (χ0n) is 14.3. The second-order valence-corrected chi connectivity index (χ2v) is 7.95. The Bertz CT molecular complexity index is 1120. The molecule has 136 valence electrons. The molecule has 26 heavy (non-hydrogen) atoms. The van der Waals surface area contributed by atoms with Crippen molar-refractivity contribution in [1.82, 2.24) is 9.61 Å². The van der Waals surface area contributed by atoms with Crippen LogP contribution in [0.2, 0.25) is 0 Å². The molecule has 0 atom stereocenters. The number of carboxylic acid groups (broad SMARTS) is 1. The van der Waals surface area contributed by atoms with Crippen molar-refractivity contribution in [3.8, 4) is 11.3 Å². The molecule has 0 bridgehead atoms. The first-order valence-electron chi connectivity index (χ1n) is 7.55. The third-order valence-corrected chi connectivity index (χ3v) is 5.31. The summed E-state index contributed by atoms with van der Waals surface area (Å²) in [7, 11) is -2.08. The van der Waals surface area contributed by atoms with E-state index in [-0.39, 0.29) is 11.3 Å². The van der Waals surface area contributed by atoms with E-state index in [2.05, 4.69) is 5.10 Å². The van der Waals surface area contributed by atoms with Gasteiger partial charge >= 0.3 is 5.97 Å². The molecule has 3 rings (SSSR count). The fourth-order valence-electron chi connectivity index (χ4n) is 2.71. The maximum Gasteiger partial charge on any atom is 0.340 e. The van der Waals surface area contributed by atoms with Crippen LogP contribution < -0.4 is 4.31 Å². The molecule has 3 aromatic rings. The van der Waals surface area contributed by atoms with E-state index in [1.807, 2.05) is 0 Å². The molecular formula is C17H16FN3O4S. The van der Waals surface area contributed by atoms with Gasteiger partial charge in [-0.2, -0.15) is 5.10 Å². The molecule has 9 heteroatoms. The van der Waals surface area contributed by atoms with Crippen molar-refractivity contribution in [1.29, 1.82) is 0 Å². The standard InChI is InChI=1S/C17H16FN3O4S/c1-10-8-13-15(17(22)23)16(11-4-6-12(18)7-5-11)19-21(13)9-14(10)20(2)26(3,24)25/h4-9H,1-3H3,(H,22,23). The second kappa shape index (κ2) is 6.10. The largest absolute Gasteiger partial charge is 0.478 e. The van der Waals surface area contributed by atoms with Gasteiger partial charge in [0.05, 0.1) is 23.7 Å². The van der Waals surface area contributed by atoms with Gasteiger partial charge in [0.1, 0.15) is 17.1 Å². The molecule has 0 aliphatic rings. The van der Waals surface area contributed by atoms with Crippen LogP contribution in [0.3, 0.4) is 0 Å². The van der Waals surface area contributed by atoms with E-state index in [0.717, 1.165) is 10.6 Å². The molecular weight excluding hydrogens is 361 g/mol. The van der Waals surface area contributed by atoms with Gasteiger partial charge in [-0.1, -0.05) is 0 Å².